The monoisotopic (exact) mass is 383 g/mol. The van der Waals surface area contributed by atoms with Gasteiger partial charge in [0.2, 0.25) is 0 Å². The molecular formula is C21H33N7. The number of aliphatic imine (C=N–C) groups is 1. The summed E-state index contributed by atoms with van der Waals surface area (Å²) in [7, 11) is 5.87. The second-order valence-electron chi connectivity index (χ2n) is 7.84. The van der Waals surface area contributed by atoms with Crippen LogP contribution in [0.4, 0.5) is 5.82 Å². The van der Waals surface area contributed by atoms with Gasteiger partial charge in [-0.1, -0.05) is 13.8 Å². The van der Waals surface area contributed by atoms with Crippen LogP contribution in [0.3, 0.4) is 0 Å². The third-order valence-corrected chi connectivity index (χ3v) is 5.16. The van der Waals surface area contributed by atoms with Crippen molar-refractivity contribution in [1.29, 1.82) is 0 Å². The van der Waals surface area contributed by atoms with Crippen LogP contribution in [0, 0.1) is 0 Å². The number of nitrogens with zero attached hydrogens (tertiary/aromatic N) is 6. The molecule has 1 aliphatic heterocycles. The van der Waals surface area contributed by atoms with E-state index in [9.17, 15) is 0 Å². The van der Waals surface area contributed by atoms with Crippen molar-refractivity contribution in [3.05, 3.63) is 41.3 Å². The van der Waals surface area contributed by atoms with Crippen molar-refractivity contribution in [3.63, 3.8) is 0 Å². The molecule has 0 aromatic carbocycles. The summed E-state index contributed by atoms with van der Waals surface area (Å²) >= 11 is 0. The third kappa shape index (κ3) is 4.82. The minimum Gasteiger partial charge on any atom is -0.357 e. The summed E-state index contributed by atoms with van der Waals surface area (Å²) < 4.78 is 1.89. The number of rotatable bonds is 6. The van der Waals surface area contributed by atoms with Gasteiger partial charge in [0.15, 0.2) is 5.96 Å². The largest absolute Gasteiger partial charge is 0.357 e. The molecule has 1 fully saturated rings. The Morgan fingerprint density at radius 3 is 2.75 bits per heavy atom. The van der Waals surface area contributed by atoms with Crippen LogP contribution >= 0.6 is 0 Å². The Hall–Kier alpha value is -2.57. The zero-order valence-electron chi connectivity index (χ0n) is 17.8. The number of anilines is 1. The van der Waals surface area contributed by atoms with E-state index in [1.165, 1.54) is 24.0 Å². The van der Waals surface area contributed by atoms with E-state index in [0.717, 1.165) is 43.7 Å². The lowest BCUT2D eigenvalue weighted by Gasteiger charge is -2.23. The molecule has 0 atom stereocenters. The summed E-state index contributed by atoms with van der Waals surface area (Å²) in [5, 5.41) is 8.09. The van der Waals surface area contributed by atoms with Crippen LogP contribution in [-0.4, -0.2) is 52.8 Å². The van der Waals surface area contributed by atoms with E-state index >= 15 is 0 Å². The number of guanidine groups is 1. The predicted octanol–water partition coefficient (Wildman–Crippen LogP) is 2.75. The zero-order valence-corrected chi connectivity index (χ0v) is 17.8. The summed E-state index contributed by atoms with van der Waals surface area (Å²) in [6.45, 7) is 8.08. The first-order chi connectivity index (χ1) is 13.5. The van der Waals surface area contributed by atoms with Crippen molar-refractivity contribution >= 4 is 11.8 Å². The smallest absolute Gasteiger partial charge is 0.193 e. The van der Waals surface area contributed by atoms with Crippen molar-refractivity contribution in [1.82, 2.24) is 25.0 Å². The molecule has 1 saturated heterocycles. The molecule has 28 heavy (non-hydrogen) atoms. The molecule has 3 heterocycles. The fourth-order valence-electron chi connectivity index (χ4n) is 3.75. The lowest BCUT2D eigenvalue weighted by Crippen LogP contribution is -2.38. The summed E-state index contributed by atoms with van der Waals surface area (Å²) in [5.74, 6) is 2.36. The van der Waals surface area contributed by atoms with Crippen LogP contribution in [0.25, 0.3) is 0 Å². The van der Waals surface area contributed by atoms with Crippen LogP contribution in [0.2, 0.25) is 0 Å². The minimum absolute atomic E-state index is 0.403. The van der Waals surface area contributed by atoms with Crippen molar-refractivity contribution in [2.24, 2.45) is 12.0 Å². The molecular weight excluding hydrogens is 350 g/mol. The Morgan fingerprint density at radius 2 is 2.07 bits per heavy atom. The molecule has 1 aliphatic rings. The van der Waals surface area contributed by atoms with Crippen molar-refractivity contribution < 1.29 is 0 Å². The fourth-order valence-corrected chi connectivity index (χ4v) is 3.75. The maximum atomic E-state index is 4.61. The van der Waals surface area contributed by atoms with Crippen LogP contribution in [0.1, 0.15) is 49.4 Å². The lowest BCUT2D eigenvalue weighted by atomic mass is 10.1. The SMILES string of the molecule is CN=C(NCc1ccnc(N2CCCC2)c1)N(C)Cc1cn(C)nc1C(C)C. The molecule has 7 heteroatoms. The van der Waals surface area contributed by atoms with E-state index in [-0.39, 0.29) is 0 Å². The van der Waals surface area contributed by atoms with Crippen molar-refractivity contribution in [2.75, 3.05) is 32.1 Å². The van der Waals surface area contributed by atoms with Gasteiger partial charge >= 0.3 is 0 Å². The van der Waals surface area contributed by atoms with Gasteiger partial charge in [0.1, 0.15) is 5.82 Å². The molecule has 0 amide bonds. The number of nitrogens with one attached hydrogen (secondary N) is 1. The van der Waals surface area contributed by atoms with Crippen molar-refractivity contribution in [3.8, 4) is 0 Å². The number of aromatic nitrogens is 3. The summed E-state index contributed by atoms with van der Waals surface area (Å²) in [6, 6.07) is 4.25. The standard InChI is InChI=1S/C21H33N7/c1-16(2)20-18(15-27(5)25-20)14-26(4)21(22-3)24-13-17-8-9-23-19(12-17)28-10-6-7-11-28/h8-9,12,15-16H,6-7,10-11,13-14H2,1-5H3,(H,22,24). The minimum atomic E-state index is 0.403. The first-order valence-electron chi connectivity index (χ1n) is 10.1. The highest BCUT2D eigenvalue weighted by atomic mass is 15.3. The molecule has 2 aromatic rings. The highest BCUT2D eigenvalue weighted by Gasteiger charge is 2.16. The number of hydrogen-bond acceptors (Lipinski definition) is 4. The average Bonchev–Trinajstić information content (AvgIpc) is 3.32. The first kappa shape index (κ1) is 20.2. The van der Waals surface area contributed by atoms with Gasteiger partial charge in [0.25, 0.3) is 0 Å². The van der Waals surface area contributed by atoms with E-state index in [2.05, 4.69) is 69.4 Å². The Morgan fingerprint density at radius 1 is 1.32 bits per heavy atom. The normalized spacial score (nSPS) is 14.8. The van der Waals surface area contributed by atoms with Crippen molar-refractivity contribution in [2.45, 2.75) is 45.7 Å². The number of aryl methyl sites for hydroxylation is 1. The van der Waals surface area contributed by atoms with E-state index in [1.807, 2.05) is 25.0 Å². The van der Waals surface area contributed by atoms with Gasteiger partial charge in [-0.15, -0.1) is 0 Å². The molecule has 152 valence electrons. The Kier molecular flexibility index (Phi) is 6.54. The van der Waals surface area contributed by atoms with Crippen LogP contribution in [0.15, 0.2) is 29.5 Å². The summed E-state index contributed by atoms with van der Waals surface area (Å²) in [4.78, 5) is 13.5. The molecule has 0 spiro atoms. The van der Waals surface area contributed by atoms with Crippen LogP contribution < -0.4 is 10.2 Å². The van der Waals surface area contributed by atoms with Crippen LogP contribution in [-0.2, 0) is 20.1 Å². The van der Waals surface area contributed by atoms with Gasteiger partial charge in [-0.2, -0.15) is 5.10 Å². The van der Waals surface area contributed by atoms with E-state index < -0.39 is 0 Å². The Labute approximate surface area is 168 Å². The summed E-state index contributed by atoms with van der Waals surface area (Å²) in [5.41, 5.74) is 3.60. The van der Waals surface area contributed by atoms with Gasteiger partial charge in [-0.05, 0) is 36.5 Å². The quantitative estimate of drug-likeness (QED) is 0.614. The Bertz CT molecular complexity index is 803. The van der Waals surface area contributed by atoms with Gasteiger partial charge in [-0.25, -0.2) is 4.98 Å². The molecule has 0 aliphatic carbocycles. The summed E-state index contributed by atoms with van der Waals surface area (Å²) in [6.07, 6.45) is 6.52. The van der Waals surface area contributed by atoms with E-state index in [1.54, 1.807) is 0 Å². The maximum Gasteiger partial charge on any atom is 0.193 e. The first-order valence-corrected chi connectivity index (χ1v) is 10.1. The third-order valence-electron chi connectivity index (χ3n) is 5.16. The van der Waals surface area contributed by atoms with Gasteiger partial charge in [0, 0.05) is 65.3 Å². The second kappa shape index (κ2) is 9.08. The molecule has 0 unspecified atom stereocenters. The molecule has 1 N–H and O–H groups in total. The topological polar surface area (TPSA) is 61.6 Å². The number of hydrogen-bond donors (Lipinski definition) is 1. The van der Waals surface area contributed by atoms with E-state index in [0.29, 0.717) is 5.92 Å². The highest BCUT2D eigenvalue weighted by Crippen LogP contribution is 2.20. The molecule has 0 saturated carbocycles. The second-order valence-corrected chi connectivity index (χ2v) is 7.84. The van der Waals surface area contributed by atoms with Gasteiger partial charge < -0.3 is 15.1 Å². The molecule has 3 rings (SSSR count). The Balaban J connectivity index is 1.62. The van der Waals surface area contributed by atoms with E-state index in [4.69, 9.17) is 0 Å². The number of pyridine rings is 1. The lowest BCUT2D eigenvalue weighted by molar-refractivity contribution is 0.473. The molecule has 2 aromatic heterocycles. The predicted molar refractivity (Wildman–Crippen MR) is 115 cm³/mol. The molecule has 0 bridgehead atoms. The maximum absolute atomic E-state index is 4.61. The van der Waals surface area contributed by atoms with Crippen LogP contribution in [0.5, 0.6) is 0 Å². The average molecular weight is 384 g/mol. The van der Waals surface area contributed by atoms with Gasteiger partial charge in [0.05, 0.1) is 5.69 Å². The molecule has 0 radical (unpaired) electrons. The zero-order chi connectivity index (χ0) is 20.1. The fraction of sp³-hybridized carbons (Fsp3) is 0.571. The van der Waals surface area contributed by atoms with Gasteiger partial charge in [-0.3, -0.25) is 9.67 Å². The molecule has 7 nitrogen and oxygen atoms in total. The highest BCUT2D eigenvalue weighted by molar-refractivity contribution is 5.79.